The molecule has 1 aliphatic rings. The molecule has 1 aliphatic heterocycles. The lowest BCUT2D eigenvalue weighted by atomic mass is 10.1. The minimum atomic E-state index is -2.91. The fourth-order valence-electron chi connectivity index (χ4n) is 2.40. The van der Waals surface area contributed by atoms with Crippen LogP contribution in [0.4, 0.5) is 4.39 Å². The highest BCUT2D eigenvalue weighted by molar-refractivity contribution is 7.91. The van der Waals surface area contributed by atoms with Crippen molar-refractivity contribution in [2.45, 2.75) is 25.6 Å². The molecule has 1 aromatic rings. The van der Waals surface area contributed by atoms with Gasteiger partial charge in [-0.1, -0.05) is 12.1 Å². The van der Waals surface area contributed by atoms with E-state index in [0.29, 0.717) is 25.1 Å². The molecule has 0 aromatic heterocycles. The van der Waals surface area contributed by atoms with Gasteiger partial charge in [0.05, 0.1) is 11.5 Å². The van der Waals surface area contributed by atoms with E-state index in [-0.39, 0.29) is 23.4 Å². The van der Waals surface area contributed by atoms with Crippen LogP contribution in [0.2, 0.25) is 0 Å². The monoisotopic (exact) mass is 286 g/mol. The van der Waals surface area contributed by atoms with Gasteiger partial charge in [0.15, 0.2) is 9.84 Å². The van der Waals surface area contributed by atoms with Crippen LogP contribution in [-0.2, 0) is 22.9 Å². The topological polar surface area (TPSA) is 63.4 Å². The van der Waals surface area contributed by atoms with E-state index in [2.05, 4.69) is 0 Å². The molecule has 0 saturated carbocycles. The van der Waals surface area contributed by atoms with Crippen LogP contribution in [0.5, 0.6) is 0 Å². The normalized spacial score (nSPS) is 22.0. The number of hydrogen-bond acceptors (Lipinski definition) is 4. The number of sulfone groups is 1. The van der Waals surface area contributed by atoms with E-state index in [0.717, 1.165) is 5.56 Å². The van der Waals surface area contributed by atoms with E-state index in [1.54, 1.807) is 12.1 Å². The molecule has 0 bridgehead atoms. The summed E-state index contributed by atoms with van der Waals surface area (Å²) in [7, 11) is -1.08. The lowest BCUT2D eigenvalue weighted by Gasteiger charge is -2.23. The van der Waals surface area contributed by atoms with Crippen LogP contribution in [0.3, 0.4) is 0 Å². The summed E-state index contributed by atoms with van der Waals surface area (Å²) in [5.74, 6) is 0.125. The summed E-state index contributed by atoms with van der Waals surface area (Å²) in [5.41, 5.74) is 6.99. The van der Waals surface area contributed by atoms with Crippen molar-refractivity contribution in [2.75, 3.05) is 18.6 Å². The Balaban J connectivity index is 2.09. The molecule has 0 aliphatic carbocycles. The zero-order chi connectivity index (χ0) is 14.0. The third kappa shape index (κ3) is 3.52. The van der Waals surface area contributed by atoms with Crippen LogP contribution >= 0.6 is 0 Å². The third-order valence-corrected chi connectivity index (χ3v) is 5.35. The first-order valence-electron chi connectivity index (χ1n) is 6.29. The Hall–Kier alpha value is -0.980. The van der Waals surface area contributed by atoms with Crippen LogP contribution in [-0.4, -0.2) is 37.9 Å². The van der Waals surface area contributed by atoms with Crippen LogP contribution < -0.4 is 5.73 Å². The summed E-state index contributed by atoms with van der Waals surface area (Å²) in [6, 6.07) is 4.80. The molecule has 1 heterocycles. The number of halogens is 1. The number of nitrogens with zero attached hydrogens (tertiary/aromatic N) is 1. The van der Waals surface area contributed by atoms with Gasteiger partial charge >= 0.3 is 0 Å². The summed E-state index contributed by atoms with van der Waals surface area (Å²) in [5, 5.41) is 0. The molecule has 1 fully saturated rings. The van der Waals surface area contributed by atoms with Crippen molar-refractivity contribution < 1.29 is 12.8 Å². The molecule has 0 radical (unpaired) electrons. The molecule has 4 nitrogen and oxygen atoms in total. The maximum absolute atomic E-state index is 13.7. The van der Waals surface area contributed by atoms with Crippen LogP contribution in [0.15, 0.2) is 18.2 Å². The quantitative estimate of drug-likeness (QED) is 0.893. The second-order valence-electron chi connectivity index (χ2n) is 5.10. The van der Waals surface area contributed by atoms with E-state index in [1.807, 2.05) is 11.9 Å². The van der Waals surface area contributed by atoms with Gasteiger partial charge in [-0.2, -0.15) is 0 Å². The van der Waals surface area contributed by atoms with Crippen LogP contribution in [0.1, 0.15) is 17.5 Å². The molecule has 1 unspecified atom stereocenters. The van der Waals surface area contributed by atoms with E-state index in [9.17, 15) is 12.8 Å². The molecule has 0 spiro atoms. The highest BCUT2D eigenvalue weighted by Crippen LogP contribution is 2.20. The fourth-order valence-corrected chi connectivity index (χ4v) is 4.20. The number of nitrogens with two attached hydrogens (primary N) is 1. The Morgan fingerprint density at radius 3 is 2.79 bits per heavy atom. The van der Waals surface area contributed by atoms with Crippen molar-refractivity contribution >= 4 is 9.84 Å². The van der Waals surface area contributed by atoms with Gasteiger partial charge in [-0.25, -0.2) is 12.8 Å². The Morgan fingerprint density at radius 2 is 2.21 bits per heavy atom. The van der Waals surface area contributed by atoms with Gasteiger partial charge in [-0.3, -0.25) is 4.90 Å². The first-order valence-corrected chi connectivity index (χ1v) is 8.11. The van der Waals surface area contributed by atoms with E-state index >= 15 is 0 Å². The van der Waals surface area contributed by atoms with Gasteiger partial charge in [-0.15, -0.1) is 0 Å². The molecule has 1 atom stereocenters. The molecule has 106 valence electrons. The highest BCUT2D eigenvalue weighted by atomic mass is 32.2. The van der Waals surface area contributed by atoms with Crippen LogP contribution in [0.25, 0.3) is 0 Å². The lowest BCUT2D eigenvalue weighted by Crippen LogP contribution is -2.32. The van der Waals surface area contributed by atoms with E-state index in [4.69, 9.17) is 5.73 Å². The smallest absolute Gasteiger partial charge is 0.151 e. The van der Waals surface area contributed by atoms with E-state index < -0.39 is 9.84 Å². The Labute approximate surface area is 113 Å². The molecule has 1 aromatic carbocycles. The Bertz CT molecular complexity index is 560. The molecular weight excluding hydrogens is 267 g/mol. The Morgan fingerprint density at radius 1 is 1.47 bits per heavy atom. The fraction of sp³-hybridized carbons (Fsp3) is 0.538. The molecular formula is C13H19FN2O2S. The molecule has 1 saturated heterocycles. The van der Waals surface area contributed by atoms with Gasteiger partial charge in [-0.05, 0) is 25.1 Å². The predicted molar refractivity (Wildman–Crippen MR) is 72.8 cm³/mol. The SMILES string of the molecule is CN(Cc1cc(CN)ccc1F)C1CCS(=O)(=O)C1. The van der Waals surface area contributed by atoms with Crippen molar-refractivity contribution in [3.8, 4) is 0 Å². The predicted octanol–water partition coefficient (Wildman–Crippen LogP) is 0.903. The second-order valence-corrected chi connectivity index (χ2v) is 7.33. The summed E-state index contributed by atoms with van der Waals surface area (Å²) < 4.78 is 36.6. The molecule has 0 amide bonds. The van der Waals surface area contributed by atoms with Gasteiger partial charge in [0.2, 0.25) is 0 Å². The van der Waals surface area contributed by atoms with Crippen molar-refractivity contribution in [1.82, 2.24) is 4.90 Å². The number of hydrogen-bond donors (Lipinski definition) is 1. The maximum atomic E-state index is 13.7. The summed E-state index contributed by atoms with van der Waals surface area (Å²) in [6.07, 6.45) is 0.622. The maximum Gasteiger partial charge on any atom is 0.151 e. The molecule has 2 rings (SSSR count). The minimum absolute atomic E-state index is 0.0223. The highest BCUT2D eigenvalue weighted by Gasteiger charge is 2.30. The zero-order valence-electron chi connectivity index (χ0n) is 11.0. The largest absolute Gasteiger partial charge is 0.326 e. The molecule has 2 N–H and O–H groups in total. The molecule has 19 heavy (non-hydrogen) atoms. The number of rotatable bonds is 4. The summed E-state index contributed by atoms with van der Waals surface area (Å²) in [4.78, 5) is 1.91. The van der Waals surface area contributed by atoms with Gasteiger partial charge in [0.25, 0.3) is 0 Å². The average Bonchev–Trinajstić information content (AvgIpc) is 2.72. The summed E-state index contributed by atoms with van der Waals surface area (Å²) >= 11 is 0. The van der Waals surface area contributed by atoms with Crippen LogP contribution in [0, 0.1) is 5.82 Å². The van der Waals surface area contributed by atoms with Crippen molar-refractivity contribution in [3.05, 3.63) is 35.1 Å². The number of benzene rings is 1. The van der Waals surface area contributed by atoms with Gasteiger partial charge in [0.1, 0.15) is 5.82 Å². The summed E-state index contributed by atoms with van der Waals surface area (Å²) in [6.45, 7) is 0.772. The lowest BCUT2D eigenvalue weighted by molar-refractivity contribution is 0.250. The van der Waals surface area contributed by atoms with Gasteiger partial charge in [0, 0.05) is 24.7 Å². The van der Waals surface area contributed by atoms with E-state index in [1.165, 1.54) is 6.07 Å². The van der Waals surface area contributed by atoms with Crippen molar-refractivity contribution in [3.63, 3.8) is 0 Å². The zero-order valence-corrected chi connectivity index (χ0v) is 11.8. The average molecular weight is 286 g/mol. The minimum Gasteiger partial charge on any atom is -0.326 e. The van der Waals surface area contributed by atoms with Crippen molar-refractivity contribution in [1.29, 1.82) is 0 Å². The van der Waals surface area contributed by atoms with Gasteiger partial charge < -0.3 is 5.73 Å². The first kappa shape index (κ1) is 14.4. The Kier molecular flexibility index (Phi) is 4.23. The van der Waals surface area contributed by atoms with Crippen molar-refractivity contribution in [2.24, 2.45) is 5.73 Å². The molecule has 6 heteroatoms. The first-order chi connectivity index (χ1) is 8.91. The standard InChI is InChI=1S/C13H19FN2O2S/c1-16(12-4-5-19(17,18)9-12)8-11-6-10(7-15)2-3-13(11)14/h2-3,6,12H,4-5,7-9,15H2,1H3. The second kappa shape index (κ2) is 5.56. The third-order valence-electron chi connectivity index (χ3n) is 3.60.